The summed E-state index contributed by atoms with van der Waals surface area (Å²) in [5.74, 6) is 0.812. The molecule has 116 valence electrons. The van der Waals surface area contributed by atoms with Crippen LogP contribution in [0.2, 0.25) is 0 Å². The molecular weight excluding hydrogens is 280 g/mol. The third kappa shape index (κ3) is 3.26. The Hall–Kier alpha value is -2.40. The maximum Gasteiger partial charge on any atom is 0.145 e. The number of hydrogen-bond donors (Lipinski definition) is 2. The van der Waals surface area contributed by atoms with Crippen molar-refractivity contribution in [1.29, 1.82) is 0 Å². The summed E-state index contributed by atoms with van der Waals surface area (Å²) in [6.45, 7) is 3.45. The van der Waals surface area contributed by atoms with E-state index < -0.39 is 0 Å². The van der Waals surface area contributed by atoms with Gasteiger partial charge in [0.25, 0.3) is 0 Å². The van der Waals surface area contributed by atoms with E-state index in [9.17, 15) is 10.2 Å². The van der Waals surface area contributed by atoms with E-state index in [0.29, 0.717) is 16.8 Å². The Morgan fingerprint density at radius 3 is 2.77 bits per heavy atom. The molecule has 5 nitrogen and oxygen atoms in total. The summed E-state index contributed by atoms with van der Waals surface area (Å²) in [5, 5.41) is 19.5. The molecule has 0 amide bonds. The quantitative estimate of drug-likeness (QED) is 0.833. The van der Waals surface area contributed by atoms with Gasteiger partial charge in [-0.3, -0.25) is 9.98 Å². The number of pyridine rings is 1. The van der Waals surface area contributed by atoms with Gasteiger partial charge in [-0.05, 0) is 19.9 Å². The predicted molar refractivity (Wildman–Crippen MR) is 85.6 cm³/mol. The maximum atomic E-state index is 10.1. The lowest BCUT2D eigenvalue weighted by Gasteiger charge is -2.12. The maximum absolute atomic E-state index is 10.1. The molecule has 0 fully saturated rings. The fourth-order valence-corrected chi connectivity index (χ4v) is 2.20. The molecule has 0 aliphatic rings. The molecule has 1 heterocycles. The first-order valence-electron chi connectivity index (χ1n) is 7.02. The second-order valence-corrected chi connectivity index (χ2v) is 4.99. The Morgan fingerprint density at radius 1 is 1.36 bits per heavy atom. The number of nitrogens with zero attached hydrogens (tertiary/aromatic N) is 2. The van der Waals surface area contributed by atoms with Gasteiger partial charge < -0.3 is 14.9 Å². The number of aliphatic imine (C=N–C) groups is 1. The standard InChI is InChI=1S/C17H20N2O3/c1-11(14-6-4-5-7-16(14)22-3)19-9-15-13(10-20)8-18-12(2)17(15)21/h4-9,11,20-21H,10H2,1-3H3/t11-/m1/s1. The van der Waals surface area contributed by atoms with Gasteiger partial charge >= 0.3 is 0 Å². The molecule has 1 aromatic heterocycles. The van der Waals surface area contributed by atoms with Crippen molar-refractivity contribution in [3.63, 3.8) is 0 Å². The number of hydrogen-bond acceptors (Lipinski definition) is 5. The third-order valence-electron chi connectivity index (χ3n) is 3.54. The van der Waals surface area contributed by atoms with Crippen molar-refractivity contribution < 1.29 is 14.9 Å². The summed E-state index contributed by atoms with van der Waals surface area (Å²) in [6, 6.07) is 7.52. The molecule has 0 bridgehead atoms. The van der Waals surface area contributed by atoms with E-state index in [1.54, 1.807) is 26.4 Å². The largest absolute Gasteiger partial charge is 0.505 e. The number of aromatic hydroxyl groups is 1. The molecule has 0 spiro atoms. The van der Waals surface area contributed by atoms with Gasteiger partial charge in [-0.15, -0.1) is 0 Å². The van der Waals surface area contributed by atoms with Crippen molar-refractivity contribution in [2.24, 2.45) is 4.99 Å². The summed E-state index contributed by atoms with van der Waals surface area (Å²) >= 11 is 0. The van der Waals surface area contributed by atoms with Crippen LogP contribution in [-0.2, 0) is 6.61 Å². The molecule has 22 heavy (non-hydrogen) atoms. The van der Waals surface area contributed by atoms with E-state index >= 15 is 0 Å². The van der Waals surface area contributed by atoms with E-state index in [4.69, 9.17) is 4.74 Å². The van der Waals surface area contributed by atoms with Crippen LogP contribution >= 0.6 is 0 Å². The molecule has 2 N–H and O–H groups in total. The number of aromatic nitrogens is 1. The summed E-state index contributed by atoms with van der Waals surface area (Å²) in [4.78, 5) is 8.51. The van der Waals surface area contributed by atoms with Crippen LogP contribution in [0.5, 0.6) is 11.5 Å². The first kappa shape index (κ1) is 16.0. The van der Waals surface area contributed by atoms with Crippen molar-refractivity contribution in [2.45, 2.75) is 26.5 Å². The van der Waals surface area contributed by atoms with Crippen molar-refractivity contribution in [3.05, 3.63) is 52.8 Å². The highest BCUT2D eigenvalue weighted by atomic mass is 16.5. The Morgan fingerprint density at radius 2 is 2.09 bits per heavy atom. The van der Waals surface area contributed by atoms with Crippen molar-refractivity contribution in [3.8, 4) is 11.5 Å². The molecule has 5 heteroatoms. The van der Waals surface area contributed by atoms with Crippen LogP contribution < -0.4 is 4.74 Å². The van der Waals surface area contributed by atoms with Crippen LogP contribution in [-0.4, -0.2) is 28.5 Å². The molecule has 0 aliphatic carbocycles. The topological polar surface area (TPSA) is 74.9 Å². The zero-order valence-corrected chi connectivity index (χ0v) is 12.9. The molecule has 1 aromatic carbocycles. The number of para-hydroxylation sites is 1. The first-order valence-corrected chi connectivity index (χ1v) is 7.02. The Balaban J connectivity index is 2.34. The second kappa shape index (κ2) is 7.04. The molecule has 1 atom stereocenters. The monoisotopic (exact) mass is 300 g/mol. The average molecular weight is 300 g/mol. The molecule has 0 radical (unpaired) electrons. The highest BCUT2D eigenvalue weighted by molar-refractivity contribution is 5.85. The zero-order valence-electron chi connectivity index (χ0n) is 12.9. The lowest BCUT2D eigenvalue weighted by molar-refractivity contribution is 0.280. The van der Waals surface area contributed by atoms with Gasteiger partial charge in [-0.1, -0.05) is 18.2 Å². The van der Waals surface area contributed by atoms with Gasteiger partial charge in [0.05, 0.1) is 25.5 Å². The van der Waals surface area contributed by atoms with E-state index in [-0.39, 0.29) is 18.4 Å². The van der Waals surface area contributed by atoms with E-state index in [0.717, 1.165) is 11.3 Å². The summed E-state index contributed by atoms with van der Waals surface area (Å²) in [6.07, 6.45) is 3.12. The molecule has 0 saturated heterocycles. The van der Waals surface area contributed by atoms with Gasteiger partial charge in [0, 0.05) is 29.1 Å². The van der Waals surface area contributed by atoms with Gasteiger partial charge in [0.2, 0.25) is 0 Å². The Labute approximate surface area is 129 Å². The highest BCUT2D eigenvalue weighted by Gasteiger charge is 2.12. The molecule has 0 aliphatic heterocycles. The third-order valence-corrected chi connectivity index (χ3v) is 3.54. The van der Waals surface area contributed by atoms with Gasteiger partial charge in [-0.25, -0.2) is 0 Å². The van der Waals surface area contributed by atoms with E-state index in [2.05, 4.69) is 9.98 Å². The molecular formula is C17H20N2O3. The Bertz CT molecular complexity index is 684. The van der Waals surface area contributed by atoms with Gasteiger partial charge in [0.15, 0.2) is 0 Å². The van der Waals surface area contributed by atoms with Crippen LogP contribution in [0.25, 0.3) is 0 Å². The molecule has 2 rings (SSSR count). The van der Waals surface area contributed by atoms with Crippen molar-refractivity contribution >= 4 is 6.21 Å². The molecule has 2 aromatic rings. The fourth-order valence-electron chi connectivity index (χ4n) is 2.20. The summed E-state index contributed by atoms with van der Waals surface area (Å²) < 4.78 is 5.33. The van der Waals surface area contributed by atoms with E-state index in [1.807, 2.05) is 31.2 Å². The Kier molecular flexibility index (Phi) is 5.12. The minimum absolute atomic E-state index is 0.0440. The molecule has 0 saturated carbocycles. The lowest BCUT2D eigenvalue weighted by atomic mass is 10.1. The minimum Gasteiger partial charge on any atom is -0.505 e. The first-order chi connectivity index (χ1) is 10.6. The number of ether oxygens (including phenoxy) is 1. The van der Waals surface area contributed by atoms with Crippen LogP contribution in [0.15, 0.2) is 35.5 Å². The number of aryl methyl sites for hydroxylation is 1. The normalized spacial score (nSPS) is 12.5. The average Bonchev–Trinajstić information content (AvgIpc) is 2.55. The number of aliphatic hydroxyl groups excluding tert-OH is 1. The van der Waals surface area contributed by atoms with Crippen LogP contribution in [0.4, 0.5) is 0 Å². The fraction of sp³-hybridized carbons (Fsp3) is 0.294. The predicted octanol–water partition coefficient (Wildman–Crippen LogP) is 2.78. The summed E-state index contributed by atoms with van der Waals surface area (Å²) in [7, 11) is 1.62. The molecule has 0 unspecified atom stereocenters. The number of aliphatic hydroxyl groups is 1. The summed E-state index contributed by atoms with van der Waals surface area (Å²) in [5.41, 5.74) is 2.50. The van der Waals surface area contributed by atoms with Crippen LogP contribution in [0.1, 0.15) is 35.3 Å². The van der Waals surface area contributed by atoms with Gasteiger partial charge in [-0.2, -0.15) is 0 Å². The van der Waals surface area contributed by atoms with Crippen LogP contribution in [0, 0.1) is 6.92 Å². The lowest BCUT2D eigenvalue weighted by Crippen LogP contribution is -2.00. The van der Waals surface area contributed by atoms with E-state index in [1.165, 1.54) is 0 Å². The zero-order chi connectivity index (χ0) is 16.1. The number of rotatable bonds is 5. The van der Waals surface area contributed by atoms with Crippen molar-refractivity contribution in [2.75, 3.05) is 7.11 Å². The highest BCUT2D eigenvalue weighted by Crippen LogP contribution is 2.28. The minimum atomic E-state index is -0.203. The SMILES string of the molecule is COc1ccccc1[C@@H](C)N=Cc1c(CO)cnc(C)c1O. The van der Waals surface area contributed by atoms with Crippen molar-refractivity contribution in [1.82, 2.24) is 4.98 Å². The second-order valence-electron chi connectivity index (χ2n) is 4.99. The van der Waals surface area contributed by atoms with Crippen LogP contribution in [0.3, 0.4) is 0 Å². The smallest absolute Gasteiger partial charge is 0.145 e. The number of benzene rings is 1. The van der Waals surface area contributed by atoms with Gasteiger partial charge in [0.1, 0.15) is 11.5 Å². The number of methoxy groups -OCH3 is 1.